The van der Waals surface area contributed by atoms with Gasteiger partial charge in [0.05, 0.1) is 5.69 Å². The Balaban J connectivity index is 1.61. The van der Waals surface area contributed by atoms with E-state index in [0.29, 0.717) is 5.69 Å². The third-order valence-electron chi connectivity index (χ3n) is 4.76. The molecule has 2 aromatic heterocycles. The summed E-state index contributed by atoms with van der Waals surface area (Å²) in [5, 5.41) is 10.7. The number of carbonyl (C=O) groups excluding carboxylic acids is 1. The highest BCUT2D eigenvalue weighted by Gasteiger charge is 2.16. The van der Waals surface area contributed by atoms with Crippen molar-refractivity contribution in [1.82, 2.24) is 24.5 Å². The van der Waals surface area contributed by atoms with Crippen LogP contribution in [0.5, 0.6) is 0 Å². The maximum Gasteiger partial charge on any atom is 0.284 e. The van der Waals surface area contributed by atoms with Gasteiger partial charge in [-0.15, -0.1) is 5.10 Å². The standard InChI is InChI=1S/C21H19FN6O2/c1-12-8-13(2)18(14(3)9-12)24-17(29)10-27-11-23-20-19(21(27)30)25-26-28(20)16-6-4-15(22)5-7-16/h4-9,11H,10H2,1-3H3,(H,24,29). The van der Waals surface area contributed by atoms with Crippen molar-refractivity contribution in [3.8, 4) is 5.69 Å². The third-order valence-corrected chi connectivity index (χ3v) is 4.76. The number of hydrogen-bond acceptors (Lipinski definition) is 5. The minimum Gasteiger partial charge on any atom is -0.324 e. The van der Waals surface area contributed by atoms with E-state index in [-0.39, 0.29) is 29.4 Å². The molecular weight excluding hydrogens is 387 g/mol. The van der Waals surface area contributed by atoms with Gasteiger partial charge in [-0.05, 0) is 56.2 Å². The number of amides is 1. The van der Waals surface area contributed by atoms with Crippen LogP contribution in [-0.2, 0) is 11.3 Å². The zero-order valence-corrected chi connectivity index (χ0v) is 16.7. The first kappa shape index (κ1) is 19.4. The molecule has 8 nitrogen and oxygen atoms in total. The second-order valence-corrected chi connectivity index (χ2v) is 7.15. The first-order valence-electron chi connectivity index (χ1n) is 9.28. The molecule has 2 heterocycles. The van der Waals surface area contributed by atoms with Gasteiger partial charge in [0, 0.05) is 5.69 Å². The number of aryl methyl sites for hydroxylation is 3. The van der Waals surface area contributed by atoms with Crippen LogP contribution in [0.25, 0.3) is 16.9 Å². The van der Waals surface area contributed by atoms with Crippen LogP contribution in [0.2, 0.25) is 0 Å². The maximum absolute atomic E-state index is 13.2. The Kier molecular flexibility index (Phi) is 4.86. The first-order chi connectivity index (χ1) is 14.3. The Morgan fingerprint density at radius 3 is 2.43 bits per heavy atom. The molecular formula is C21H19FN6O2. The molecule has 0 radical (unpaired) electrons. The number of fused-ring (bicyclic) bond motifs is 1. The Morgan fingerprint density at radius 1 is 1.10 bits per heavy atom. The van der Waals surface area contributed by atoms with Gasteiger partial charge in [-0.2, -0.15) is 4.68 Å². The SMILES string of the molecule is Cc1cc(C)c(NC(=O)Cn2cnc3c(nnn3-c3ccc(F)cc3)c2=O)c(C)c1. The summed E-state index contributed by atoms with van der Waals surface area (Å²) >= 11 is 0. The lowest BCUT2D eigenvalue weighted by molar-refractivity contribution is -0.116. The quantitative estimate of drug-likeness (QED) is 0.562. The summed E-state index contributed by atoms with van der Waals surface area (Å²) in [6.45, 7) is 5.62. The number of hydrogen-bond donors (Lipinski definition) is 1. The van der Waals surface area contributed by atoms with Crippen molar-refractivity contribution in [2.24, 2.45) is 0 Å². The minimum absolute atomic E-state index is 0.0253. The highest BCUT2D eigenvalue weighted by Crippen LogP contribution is 2.22. The second-order valence-electron chi connectivity index (χ2n) is 7.15. The van der Waals surface area contributed by atoms with Crippen LogP contribution in [-0.4, -0.2) is 30.5 Å². The molecule has 0 aliphatic rings. The molecule has 0 fully saturated rings. The topological polar surface area (TPSA) is 94.7 Å². The molecule has 30 heavy (non-hydrogen) atoms. The van der Waals surface area contributed by atoms with Gasteiger partial charge in [0.2, 0.25) is 5.91 Å². The van der Waals surface area contributed by atoms with Crippen LogP contribution in [0.1, 0.15) is 16.7 Å². The van der Waals surface area contributed by atoms with Gasteiger partial charge in [0.25, 0.3) is 5.56 Å². The lowest BCUT2D eigenvalue weighted by Gasteiger charge is -2.13. The number of benzene rings is 2. The number of nitrogens with one attached hydrogen (secondary N) is 1. The average Bonchev–Trinajstić information content (AvgIpc) is 3.12. The van der Waals surface area contributed by atoms with Crippen molar-refractivity contribution >= 4 is 22.8 Å². The predicted octanol–water partition coefficient (Wildman–Crippen LogP) is 2.68. The summed E-state index contributed by atoms with van der Waals surface area (Å²) in [7, 11) is 0. The number of anilines is 1. The van der Waals surface area contributed by atoms with Crippen molar-refractivity contribution in [1.29, 1.82) is 0 Å². The molecule has 0 aliphatic carbocycles. The lowest BCUT2D eigenvalue weighted by Crippen LogP contribution is -2.28. The summed E-state index contributed by atoms with van der Waals surface area (Å²) in [5.41, 5.74) is 4.03. The van der Waals surface area contributed by atoms with Crippen molar-refractivity contribution in [3.05, 3.63) is 75.6 Å². The van der Waals surface area contributed by atoms with E-state index in [9.17, 15) is 14.0 Å². The molecule has 0 spiro atoms. The fraction of sp³-hybridized carbons (Fsp3) is 0.190. The zero-order chi connectivity index (χ0) is 21.4. The summed E-state index contributed by atoms with van der Waals surface area (Å²) < 4.78 is 15.7. The van der Waals surface area contributed by atoms with E-state index < -0.39 is 5.56 Å². The fourth-order valence-electron chi connectivity index (χ4n) is 3.42. The van der Waals surface area contributed by atoms with Crippen molar-refractivity contribution in [3.63, 3.8) is 0 Å². The van der Waals surface area contributed by atoms with Crippen LogP contribution in [0.4, 0.5) is 10.1 Å². The highest BCUT2D eigenvalue weighted by atomic mass is 19.1. The van der Waals surface area contributed by atoms with Crippen molar-refractivity contribution < 1.29 is 9.18 Å². The van der Waals surface area contributed by atoms with E-state index in [4.69, 9.17) is 0 Å². The molecule has 1 N–H and O–H groups in total. The maximum atomic E-state index is 13.2. The molecule has 0 unspecified atom stereocenters. The summed E-state index contributed by atoms with van der Waals surface area (Å²) in [6, 6.07) is 9.55. The molecule has 2 aromatic carbocycles. The number of aromatic nitrogens is 5. The van der Waals surface area contributed by atoms with Gasteiger partial charge in [0.1, 0.15) is 18.7 Å². The molecule has 1 amide bonds. The molecule has 9 heteroatoms. The molecule has 4 aromatic rings. The number of rotatable bonds is 4. The summed E-state index contributed by atoms with van der Waals surface area (Å²) in [4.78, 5) is 29.5. The van der Waals surface area contributed by atoms with E-state index >= 15 is 0 Å². The number of halogens is 1. The van der Waals surface area contributed by atoms with Crippen molar-refractivity contribution in [2.45, 2.75) is 27.3 Å². The number of carbonyl (C=O) groups is 1. The second kappa shape index (κ2) is 7.51. The Morgan fingerprint density at radius 2 is 1.77 bits per heavy atom. The average molecular weight is 406 g/mol. The van der Waals surface area contributed by atoms with E-state index in [1.165, 1.54) is 39.8 Å². The smallest absolute Gasteiger partial charge is 0.284 e. The fourth-order valence-corrected chi connectivity index (χ4v) is 3.42. The van der Waals surface area contributed by atoms with Gasteiger partial charge < -0.3 is 5.32 Å². The molecule has 0 saturated heterocycles. The van der Waals surface area contributed by atoms with Gasteiger partial charge in [0.15, 0.2) is 11.2 Å². The highest BCUT2D eigenvalue weighted by molar-refractivity contribution is 5.92. The van der Waals surface area contributed by atoms with Crippen molar-refractivity contribution in [2.75, 3.05) is 5.32 Å². The molecule has 0 saturated carbocycles. The lowest BCUT2D eigenvalue weighted by atomic mass is 10.1. The van der Waals surface area contributed by atoms with Crippen LogP contribution in [0.3, 0.4) is 0 Å². The van der Waals surface area contributed by atoms with Crippen LogP contribution >= 0.6 is 0 Å². The molecule has 4 rings (SSSR count). The van der Waals surface area contributed by atoms with Crippen LogP contribution in [0, 0.1) is 26.6 Å². The van der Waals surface area contributed by atoms with Crippen LogP contribution in [0.15, 0.2) is 47.5 Å². The minimum atomic E-state index is -0.485. The third kappa shape index (κ3) is 3.57. The zero-order valence-electron chi connectivity index (χ0n) is 16.7. The van der Waals surface area contributed by atoms with E-state index in [2.05, 4.69) is 20.6 Å². The largest absolute Gasteiger partial charge is 0.324 e. The molecule has 0 bridgehead atoms. The Labute approximate surface area is 171 Å². The van der Waals surface area contributed by atoms with Gasteiger partial charge >= 0.3 is 0 Å². The van der Waals surface area contributed by atoms with Gasteiger partial charge in [-0.1, -0.05) is 22.9 Å². The van der Waals surface area contributed by atoms with Gasteiger partial charge in [-0.25, -0.2) is 9.37 Å². The molecule has 152 valence electrons. The normalized spacial score (nSPS) is 11.1. The Bertz CT molecular complexity index is 1300. The van der Waals surface area contributed by atoms with Gasteiger partial charge in [-0.3, -0.25) is 14.2 Å². The molecule has 0 atom stereocenters. The predicted molar refractivity (Wildman–Crippen MR) is 110 cm³/mol. The summed E-state index contributed by atoms with van der Waals surface area (Å²) in [5.74, 6) is -0.734. The van der Waals surface area contributed by atoms with E-state index in [0.717, 1.165) is 22.4 Å². The summed E-state index contributed by atoms with van der Waals surface area (Å²) in [6.07, 6.45) is 1.28. The Hall–Kier alpha value is -3.88. The van der Waals surface area contributed by atoms with E-state index in [1.54, 1.807) is 0 Å². The van der Waals surface area contributed by atoms with Crippen LogP contribution < -0.4 is 10.9 Å². The first-order valence-corrected chi connectivity index (χ1v) is 9.28. The van der Waals surface area contributed by atoms with E-state index in [1.807, 2.05) is 32.9 Å². The monoisotopic (exact) mass is 406 g/mol. The number of nitrogens with zero attached hydrogens (tertiary/aromatic N) is 5. The molecule has 0 aliphatic heterocycles.